The highest BCUT2D eigenvalue weighted by molar-refractivity contribution is 4.89. The van der Waals surface area contributed by atoms with Crippen LogP contribution in [-0.4, -0.2) is 30.7 Å². The number of halogens is 3. The maximum absolute atomic E-state index is 12.7. The lowest BCUT2D eigenvalue weighted by Crippen LogP contribution is -2.36. The van der Waals surface area contributed by atoms with Gasteiger partial charge in [-0.15, -0.1) is 0 Å². The number of nitrogens with zero attached hydrogens (tertiary/aromatic N) is 1. The van der Waals surface area contributed by atoms with Gasteiger partial charge in [-0.2, -0.15) is 13.2 Å². The Labute approximate surface area is 89.6 Å². The molecular formula is C11H20F3N. The van der Waals surface area contributed by atoms with Crippen LogP contribution in [0.3, 0.4) is 0 Å². The zero-order chi connectivity index (χ0) is 11.6. The quantitative estimate of drug-likeness (QED) is 0.709. The van der Waals surface area contributed by atoms with E-state index in [-0.39, 0.29) is 12.5 Å². The molecule has 2 atom stereocenters. The molecule has 2 unspecified atom stereocenters. The fourth-order valence-corrected chi connectivity index (χ4v) is 2.32. The Balaban J connectivity index is 2.57. The van der Waals surface area contributed by atoms with Gasteiger partial charge in [0.15, 0.2) is 0 Å². The summed E-state index contributed by atoms with van der Waals surface area (Å²) in [6.07, 6.45) is -2.21. The molecule has 1 rings (SSSR count). The summed E-state index contributed by atoms with van der Waals surface area (Å²) in [6.45, 7) is 4.68. The molecule has 1 fully saturated rings. The molecule has 0 amide bonds. The van der Waals surface area contributed by atoms with Gasteiger partial charge < -0.3 is 4.90 Å². The third-order valence-electron chi connectivity index (χ3n) is 3.28. The SMILES string of the molecule is CC(C)CCC1C(C(F)(F)F)CCN1C. The van der Waals surface area contributed by atoms with Gasteiger partial charge in [0.2, 0.25) is 0 Å². The average Bonchev–Trinajstić information content (AvgIpc) is 2.42. The molecule has 1 heterocycles. The lowest BCUT2D eigenvalue weighted by molar-refractivity contribution is -0.180. The van der Waals surface area contributed by atoms with Crippen molar-refractivity contribution < 1.29 is 13.2 Å². The van der Waals surface area contributed by atoms with Gasteiger partial charge >= 0.3 is 6.18 Å². The topological polar surface area (TPSA) is 3.24 Å². The van der Waals surface area contributed by atoms with Crippen LogP contribution < -0.4 is 0 Å². The summed E-state index contributed by atoms with van der Waals surface area (Å²) in [4.78, 5) is 1.86. The van der Waals surface area contributed by atoms with Gasteiger partial charge in [0.05, 0.1) is 5.92 Å². The Bertz CT molecular complexity index is 200. The van der Waals surface area contributed by atoms with Crippen molar-refractivity contribution in [2.24, 2.45) is 11.8 Å². The van der Waals surface area contributed by atoms with Crippen LogP contribution in [0.25, 0.3) is 0 Å². The van der Waals surface area contributed by atoms with Crippen LogP contribution in [0.5, 0.6) is 0 Å². The van der Waals surface area contributed by atoms with Gasteiger partial charge in [0.1, 0.15) is 0 Å². The Hall–Kier alpha value is -0.250. The number of hydrogen-bond donors (Lipinski definition) is 0. The van der Waals surface area contributed by atoms with Crippen molar-refractivity contribution in [2.45, 2.75) is 45.3 Å². The van der Waals surface area contributed by atoms with E-state index in [1.54, 1.807) is 7.05 Å². The fourth-order valence-electron chi connectivity index (χ4n) is 2.32. The van der Waals surface area contributed by atoms with Crippen LogP contribution in [0.1, 0.15) is 33.1 Å². The van der Waals surface area contributed by atoms with Crippen molar-refractivity contribution in [3.05, 3.63) is 0 Å². The molecule has 0 aliphatic carbocycles. The van der Waals surface area contributed by atoms with Gasteiger partial charge in [0, 0.05) is 6.04 Å². The molecule has 0 radical (unpaired) electrons. The monoisotopic (exact) mass is 223 g/mol. The van der Waals surface area contributed by atoms with Crippen molar-refractivity contribution in [1.82, 2.24) is 4.90 Å². The smallest absolute Gasteiger partial charge is 0.303 e. The fraction of sp³-hybridized carbons (Fsp3) is 1.00. The molecule has 0 bridgehead atoms. The normalized spacial score (nSPS) is 29.0. The molecule has 0 N–H and O–H groups in total. The van der Waals surface area contributed by atoms with E-state index in [4.69, 9.17) is 0 Å². The van der Waals surface area contributed by atoms with Crippen molar-refractivity contribution in [1.29, 1.82) is 0 Å². The molecular weight excluding hydrogens is 203 g/mol. The van der Waals surface area contributed by atoms with E-state index in [0.29, 0.717) is 18.9 Å². The summed E-state index contributed by atoms with van der Waals surface area (Å²) in [5, 5.41) is 0. The number of hydrogen-bond acceptors (Lipinski definition) is 1. The van der Waals surface area contributed by atoms with Gasteiger partial charge in [-0.3, -0.25) is 0 Å². The molecule has 4 heteroatoms. The van der Waals surface area contributed by atoms with E-state index in [1.807, 2.05) is 4.90 Å². The van der Waals surface area contributed by atoms with E-state index in [9.17, 15) is 13.2 Å². The molecule has 0 aromatic carbocycles. The van der Waals surface area contributed by atoms with Crippen molar-refractivity contribution in [3.8, 4) is 0 Å². The van der Waals surface area contributed by atoms with Crippen molar-refractivity contribution in [2.75, 3.05) is 13.6 Å². The Morgan fingerprint density at radius 1 is 1.33 bits per heavy atom. The molecule has 1 aliphatic heterocycles. The zero-order valence-electron chi connectivity index (χ0n) is 9.64. The summed E-state index contributed by atoms with van der Waals surface area (Å²) in [5.41, 5.74) is 0. The number of likely N-dealkylation sites (tertiary alicyclic amines) is 1. The second-order valence-corrected chi connectivity index (χ2v) is 4.96. The van der Waals surface area contributed by atoms with Crippen molar-refractivity contribution in [3.63, 3.8) is 0 Å². The van der Waals surface area contributed by atoms with Crippen LogP contribution in [0.15, 0.2) is 0 Å². The summed E-state index contributed by atoms with van der Waals surface area (Å²) in [7, 11) is 1.80. The second kappa shape index (κ2) is 4.73. The predicted molar refractivity (Wildman–Crippen MR) is 54.7 cm³/mol. The Morgan fingerprint density at radius 3 is 2.40 bits per heavy atom. The van der Waals surface area contributed by atoms with E-state index in [2.05, 4.69) is 13.8 Å². The highest BCUT2D eigenvalue weighted by Crippen LogP contribution is 2.39. The molecule has 0 aromatic rings. The third-order valence-corrected chi connectivity index (χ3v) is 3.28. The van der Waals surface area contributed by atoms with Crippen LogP contribution in [-0.2, 0) is 0 Å². The maximum atomic E-state index is 12.7. The minimum Gasteiger partial charge on any atom is -0.303 e. The van der Waals surface area contributed by atoms with Gasteiger partial charge in [-0.25, -0.2) is 0 Å². The maximum Gasteiger partial charge on any atom is 0.393 e. The molecule has 0 aromatic heterocycles. The predicted octanol–water partition coefficient (Wildman–Crippen LogP) is 3.31. The van der Waals surface area contributed by atoms with Gasteiger partial charge in [-0.1, -0.05) is 13.8 Å². The molecule has 0 spiro atoms. The lowest BCUT2D eigenvalue weighted by atomic mass is 9.93. The summed E-state index contributed by atoms with van der Waals surface area (Å²) < 4.78 is 38.0. The summed E-state index contributed by atoms with van der Waals surface area (Å²) >= 11 is 0. The van der Waals surface area contributed by atoms with Gasteiger partial charge in [0.25, 0.3) is 0 Å². The second-order valence-electron chi connectivity index (χ2n) is 4.96. The molecule has 90 valence electrons. The number of alkyl halides is 3. The first-order valence-electron chi connectivity index (χ1n) is 5.59. The first kappa shape index (κ1) is 12.8. The first-order chi connectivity index (χ1) is 6.82. The molecule has 1 saturated heterocycles. The van der Waals surface area contributed by atoms with Crippen LogP contribution in [0.2, 0.25) is 0 Å². The summed E-state index contributed by atoms with van der Waals surface area (Å²) in [5.74, 6) is -0.630. The third kappa shape index (κ3) is 3.37. The lowest BCUT2D eigenvalue weighted by Gasteiger charge is -2.27. The summed E-state index contributed by atoms with van der Waals surface area (Å²) in [6, 6.07) is -0.299. The van der Waals surface area contributed by atoms with Crippen LogP contribution in [0, 0.1) is 11.8 Å². The Kier molecular flexibility index (Phi) is 4.04. The molecule has 1 nitrogen and oxygen atoms in total. The minimum absolute atomic E-state index is 0.267. The van der Waals surface area contributed by atoms with Gasteiger partial charge in [-0.05, 0) is 38.8 Å². The highest BCUT2D eigenvalue weighted by Gasteiger charge is 2.48. The highest BCUT2D eigenvalue weighted by atomic mass is 19.4. The number of rotatable bonds is 3. The zero-order valence-corrected chi connectivity index (χ0v) is 9.64. The van der Waals surface area contributed by atoms with E-state index < -0.39 is 12.1 Å². The largest absolute Gasteiger partial charge is 0.393 e. The molecule has 15 heavy (non-hydrogen) atoms. The Morgan fingerprint density at radius 2 is 1.93 bits per heavy atom. The molecule has 1 aliphatic rings. The standard InChI is InChI=1S/C11H20F3N/c1-8(2)4-5-10-9(11(12,13)14)6-7-15(10)3/h8-10H,4-7H2,1-3H3. The van der Waals surface area contributed by atoms with E-state index in [1.165, 1.54) is 0 Å². The van der Waals surface area contributed by atoms with Crippen LogP contribution in [0.4, 0.5) is 13.2 Å². The van der Waals surface area contributed by atoms with Crippen LogP contribution >= 0.6 is 0 Å². The molecule has 0 saturated carbocycles. The minimum atomic E-state index is -4.02. The first-order valence-corrected chi connectivity index (χ1v) is 5.59. The van der Waals surface area contributed by atoms with E-state index in [0.717, 1.165) is 6.42 Å². The average molecular weight is 223 g/mol. The van der Waals surface area contributed by atoms with E-state index >= 15 is 0 Å². The van der Waals surface area contributed by atoms with Crippen molar-refractivity contribution >= 4 is 0 Å².